The van der Waals surface area contributed by atoms with E-state index in [0.717, 1.165) is 32.1 Å². The first kappa shape index (κ1) is 13.8. The van der Waals surface area contributed by atoms with Crippen molar-refractivity contribution in [3.05, 3.63) is 0 Å². The fourth-order valence-corrected chi connectivity index (χ4v) is 3.26. The molecule has 2 atom stereocenters. The molecule has 1 heterocycles. The predicted octanol–water partition coefficient (Wildman–Crippen LogP) is -0.103. The van der Waals surface area contributed by atoms with Crippen molar-refractivity contribution in [2.45, 2.75) is 56.9 Å². The number of amides is 1. The van der Waals surface area contributed by atoms with Gasteiger partial charge in [0.15, 0.2) is 0 Å². The quantitative estimate of drug-likeness (QED) is 0.614. The maximum atomic E-state index is 12.3. The summed E-state index contributed by atoms with van der Waals surface area (Å²) in [5, 5.41) is 18.6. The molecule has 0 bridgehead atoms. The van der Waals surface area contributed by atoms with E-state index >= 15 is 0 Å². The second kappa shape index (κ2) is 6.04. The molecular formula is C12H23BN2O3. The minimum atomic E-state index is -1.45. The molecule has 2 fully saturated rings. The molecule has 0 aromatic rings. The number of rotatable bonds is 3. The lowest BCUT2D eigenvalue weighted by molar-refractivity contribution is -0.134. The number of carbonyl (C=O) groups excluding carboxylic acids is 1. The molecule has 1 aliphatic heterocycles. The molecule has 5 nitrogen and oxygen atoms in total. The Morgan fingerprint density at radius 1 is 1.17 bits per heavy atom. The van der Waals surface area contributed by atoms with Gasteiger partial charge in [0.2, 0.25) is 5.91 Å². The Morgan fingerprint density at radius 2 is 1.83 bits per heavy atom. The first-order valence-electron chi connectivity index (χ1n) is 7.03. The summed E-state index contributed by atoms with van der Waals surface area (Å²) in [6.45, 7) is 0.599. The van der Waals surface area contributed by atoms with Crippen molar-refractivity contribution in [2.24, 2.45) is 11.7 Å². The number of hydrogen-bond donors (Lipinski definition) is 3. The van der Waals surface area contributed by atoms with Gasteiger partial charge in [-0.2, -0.15) is 0 Å². The molecule has 18 heavy (non-hydrogen) atoms. The standard InChI is InChI=1S/C12H23BN2O3/c14-11(9-5-2-1-3-6-9)12(16)15-8-4-7-10(15)13(17)18/h9-11,17-18H,1-8,14H2. The van der Waals surface area contributed by atoms with Gasteiger partial charge in [-0.3, -0.25) is 4.79 Å². The normalized spacial score (nSPS) is 27.3. The van der Waals surface area contributed by atoms with Gasteiger partial charge in [0.25, 0.3) is 0 Å². The third-order valence-electron chi connectivity index (χ3n) is 4.37. The van der Waals surface area contributed by atoms with E-state index < -0.39 is 19.1 Å². The molecule has 1 aliphatic carbocycles. The Labute approximate surface area is 108 Å². The van der Waals surface area contributed by atoms with E-state index in [0.29, 0.717) is 13.0 Å². The molecule has 102 valence electrons. The number of nitrogens with two attached hydrogens (primary N) is 1. The minimum absolute atomic E-state index is 0.0995. The van der Waals surface area contributed by atoms with Crippen LogP contribution in [0.4, 0.5) is 0 Å². The van der Waals surface area contributed by atoms with Crippen molar-refractivity contribution in [1.82, 2.24) is 4.90 Å². The summed E-state index contributed by atoms with van der Waals surface area (Å²) in [5.41, 5.74) is 6.08. The molecule has 2 rings (SSSR count). The zero-order valence-electron chi connectivity index (χ0n) is 10.8. The zero-order valence-corrected chi connectivity index (χ0v) is 10.8. The van der Waals surface area contributed by atoms with Gasteiger partial charge >= 0.3 is 7.12 Å². The molecule has 2 aliphatic rings. The lowest BCUT2D eigenvalue weighted by Gasteiger charge is -2.32. The van der Waals surface area contributed by atoms with E-state index in [1.165, 1.54) is 6.42 Å². The molecule has 0 aromatic heterocycles. The van der Waals surface area contributed by atoms with E-state index in [1.807, 2.05) is 0 Å². The fourth-order valence-electron chi connectivity index (χ4n) is 3.26. The van der Waals surface area contributed by atoms with Gasteiger partial charge in [-0.05, 0) is 31.6 Å². The zero-order chi connectivity index (χ0) is 13.1. The van der Waals surface area contributed by atoms with Crippen molar-refractivity contribution in [3.63, 3.8) is 0 Å². The summed E-state index contributed by atoms with van der Waals surface area (Å²) in [7, 11) is -1.45. The van der Waals surface area contributed by atoms with Gasteiger partial charge in [-0.25, -0.2) is 0 Å². The highest BCUT2D eigenvalue weighted by Crippen LogP contribution is 2.28. The highest BCUT2D eigenvalue weighted by Gasteiger charge is 2.40. The molecule has 4 N–H and O–H groups in total. The Balaban J connectivity index is 1.96. The molecule has 0 radical (unpaired) electrons. The number of likely N-dealkylation sites (tertiary alicyclic amines) is 1. The van der Waals surface area contributed by atoms with E-state index in [1.54, 1.807) is 4.90 Å². The summed E-state index contributed by atoms with van der Waals surface area (Å²) in [4.78, 5) is 13.9. The third-order valence-corrected chi connectivity index (χ3v) is 4.37. The van der Waals surface area contributed by atoms with Gasteiger partial charge in [-0.1, -0.05) is 19.3 Å². The lowest BCUT2D eigenvalue weighted by Crippen LogP contribution is -2.53. The smallest absolute Gasteiger partial charge is 0.426 e. The van der Waals surface area contributed by atoms with E-state index in [4.69, 9.17) is 5.73 Å². The maximum absolute atomic E-state index is 12.3. The highest BCUT2D eigenvalue weighted by molar-refractivity contribution is 6.43. The first-order valence-corrected chi connectivity index (χ1v) is 7.03. The van der Waals surface area contributed by atoms with Crippen molar-refractivity contribution >= 4 is 13.0 Å². The molecule has 0 spiro atoms. The van der Waals surface area contributed by atoms with Crippen LogP contribution in [0.2, 0.25) is 0 Å². The Morgan fingerprint density at radius 3 is 2.44 bits per heavy atom. The SMILES string of the molecule is NC(C(=O)N1CCCC1B(O)O)C1CCCCC1. The first-order chi connectivity index (χ1) is 8.61. The summed E-state index contributed by atoms with van der Waals surface area (Å²) in [5.74, 6) is -0.298. The van der Waals surface area contributed by atoms with Gasteiger partial charge in [-0.15, -0.1) is 0 Å². The largest absolute Gasteiger partial charge is 0.475 e. The van der Waals surface area contributed by atoms with Crippen molar-refractivity contribution in [1.29, 1.82) is 0 Å². The van der Waals surface area contributed by atoms with Crippen molar-refractivity contribution in [2.75, 3.05) is 6.54 Å². The second-order valence-corrected chi connectivity index (χ2v) is 5.58. The summed E-state index contributed by atoms with van der Waals surface area (Å²) in [6.07, 6.45) is 7.06. The van der Waals surface area contributed by atoms with Crippen LogP contribution >= 0.6 is 0 Å². The van der Waals surface area contributed by atoms with Crippen LogP contribution in [0.3, 0.4) is 0 Å². The van der Waals surface area contributed by atoms with E-state index in [-0.39, 0.29) is 11.8 Å². The monoisotopic (exact) mass is 254 g/mol. The van der Waals surface area contributed by atoms with E-state index in [9.17, 15) is 14.8 Å². The lowest BCUT2D eigenvalue weighted by atomic mass is 9.77. The van der Waals surface area contributed by atoms with Gasteiger partial charge < -0.3 is 20.7 Å². The average molecular weight is 254 g/mol. The molecule has 2 unspecified atom stereocenters. The van der Waals surface area contributed by atoms with Crippen LogP contribution in [0, 0.1) is 5.92 Å². The minimum Gasteiger partial charge on any atom is -0.426 e. The van der Waals surface area contributed by atoms with Crippen LogP contribution < -0.4 is 5.73 Å². The highest BCUT2D eigenvalue weighted by atomic mass is 16.4. The molecule has 6 heteroatoms. The number of carbonyl (C=O) groups is 1. The Hall–Kier alpha value is -0.585. The van der Waals surface area contributed by atoms with Gasteiger partial charge in [0, 0.05) is 6.54 Å². The maximum Gasteiger partial charge on any atom is 0.475 e. The molecule has 0 aromatic carbocycles. The van der Waals surface area contributed by atoms with Crippen LogP contribution in [0.25, 0.3) is 0 Å². The summed E-state index contributed by atoms with van der Waals surface area (Å²) >= 11 is 0. The van der Waals surface area contributed by atoms with Crippen LogP contribution in [0.15, 0.2) is 0 Å². The van der Waals surface area contributed by atoms with Crippen LogP contribution in [0.1, 0.15) is 44.9 Å². The molecular weight excluding hydrogens is 231 g/mol. The Bertz CT molecular complexity index is 295. The number of nitrogens with zero attached hydrogens (tertiary/aromatic N) is 1. The van der Waals surface area contributed by atoms with Crippen molar-refractivity contribution < 1.29 is 14.8 Å². The predicted molar refractivity (Wildman–Crippen MR) is 69.5 cm³/mol. The van der Waals surface area contributed by atoms with Crippen LogP contribution in [0.5, 0.6) is 0 Å². The Kier molecular flexibility index (Phi) is 4.64. The number of hydrogen-bond acceptors (Lipinski definition) is 4. The fraction of sp³-hybridized carbons (Fsp3) is 0.917. The molecule has 1 saturated carbocycles. The average Bonchev–Trinajstić information content (AvgIpc) is 2.87. The summed E-state index contributed by atoms with van der Waals surface area (Å²) in [6, 6.07) is -0.468. The second-order valence-electron chi connectivity index (χ2n) is 5.58. The van der Waals surface area contributed by atoms with E-state index in [2.05, 4.69) is 0 Å². The van der Waals surface area contributed by atoms with Crippen molar-refractivity contribution in [3.8, 4) is 0 Å². The van der Waals surface area contributed by atoms with Crippen LogP contribution in [-0.4, -0.2) is 46.5 Å². The molecule has 1 amide bonds. The van der Waals surface area contributed by atoms with Gasteiger partial charge in [0.05, 0.1) is 12.0 Å². The molecule has 1 saturated heterocycles. The third kappa shape index (κ3) is 2.87. The topological polar surface area (TPSA) is 86.8 Å². The summed E-state index contributed by atoms with van der Waals surface area (Å²) < 4.78 is 0. The van der Waals surface area contributed by atoms with Gasteiger partial charge in [0.1, 0.15) is 0 Å². The van der Waals surface area contributed by atoms with Crippen LogP contribution in [-0.2, 0) is 4.79 Å².